The van der Waals surface area contributed by atoms with Gasteiger partial charge < -0.3 is 5.32 Å². The van der Waals surface area contributed by atoms with Crippen LogP contribution in [0.5, 0.6) is 0 Å². The quantitative estimate of drug-likeness (QED) is 0.814. The molecule has 1 atom stereocenters. The maximum atomic E-state index is 13.3. The molecule has 2 heterocycles. The summed E-state index contributed by atoms with van der Waals surface area (Å²) in [6.45, 7) is -0.569. The van der Waals surface area contributed by atoms with Crippen LogP contribution in [-0.4, -0.2) is 42.7 Å². The van der Waals surface area contributed by atoms with Crippen LogP contribution in [0, 0.1) is 5.82 Å². The van der Waals surface area contributed by atoms with Crippen LogP contribution in [0.4, 0.5) is 17.6 Å². The summed E-state index contributed by atoms with van der Waals surface area (Å²) in [4.78, 5) is 13.8. The first-order chi connectivity index (χ1) is 11.2. The Morgan fingerprint density at radius 1 is 1.42 bits per heavy atom. The number of nitrogens with one attached hydrogen (secondary N) is 1. The Hall–Kier alpha value is -1.38. The molecule has 1 aliphatic heterocycles. The van der Waals surface area contributed by atoms with Crippen LogP contribution in [0.1, 0.15) is 16.1 Å². The molecule has 1 aromatic heterocycles. The normalized spacial score (nSPS) is 19.1. The van der Waals surface area contributed by atoms with Crippen molar-refractivity contribution in [2.75, 3.05) is 19.6 Å². The zero-order valence-corrected chi connectivity index (χ0v) is 13.9. The van der Waals surface area contributed by atoms with E-state index in [1.54, 1.807) is 0 Å². The van der Waals surface area contributed by atoms with Crippen molar-refractivity contribution in [1.82, 2.24) is 10.2 Å². The molecular weight excluding hydrogens is 368 g/mol. The highest BCUT2D eigenvalue weighted by Crippen LogP contribution is 2.35. The predicted octanol–water partition coefficient (Wildman–Crippen LogP) is 4.06. The summed E-state index contributed by atoms with van der Waals surface area (Å²) in [5.41, 5.74) is 0. The van der Waals surface area contributed by atoms with E-state index in [1.807, 2.05) is 0 Å². The second-order valence-corrected chi connectivity index (χ2v) is 7.13. The van der Waals surface area contributed by atoms with Gasteiger partial charge >= 0.3 is 6.18 Å². The maximum Gasteiger partial charge on any atom is 0.401 e. The lowest BCUT2D eigenvalue weighted by Gasteiger charge is -2.18. The van der Waals surface area contributed by atoms with Crippen LogP contribution >= 0.6 is 22.9 Å². The summed E-state index contributed by atoms with van der Waals surface area (Å²) in [6.07, 6.45) is -3.81. The lowest BCUT2D eigenvalue weighted by Crippen LogP contribution is -2.39. The fourth-order valence-corrected chi connectivity index (χ4v) is 4.23. The van der Waals surface area contributed by atoms with Gasteiger partial charge in [-0.3, -0.25) is 9.69 Å². The molecule has 0 aliphatic carbocycles. The predicted molar refractivity (Wildman–Crippen MR) is 85.2 cm³/mol. The highest BCUT2D eigenvalue weighted by molar-refractivity contribution is 7.21. The zero-order valence-electron chi connectivity index (χ0n) is 12.3. The first-order valence-electron chi connectivity index (χ1n) is 7.20. The number of carbonyl (C=O) groups excluding carboxylic acids is 1. The van der Waals surface area contributed by atoms with E-state index in [0.29, 0.717) is 16.5 Å². The highest BCUT2D eigenvalue weighted by atomic mass is 35.5. The monoisotopic (exact) mass is 380 g/mol. The first-order valence-corrected chi connectivity index (χ1v) is 8.40. The van der Waals surface area contributed by atoms with Crippen molar-refractivity contribution in [3.05, 3.63) is 33.9 Å². The second-order valence-electron chi connectivity index (χ2n) is 5.70. The summed E-state index contributed by atoms with van der Waals surface area (Å²) in [5.74, 6) is -0.869. The molecule has 1 aliphatic rings. The number of halogens is 5. The van der Waals surface area contributed by atoms with Crippen LogP contribution in [0.15, 0.2) is 18.2 Å². The van der Waals surface area contributed by atoms with E-state index in [1.165, 1.54) is 23.1 Å². The largest absolute Gasteiger partial charge is 0.401 e. The van der Waals surface area contributed by atoms with Gasteiger partial charge in [0.05, 0.1) is 11.6 Å². The third-order valence-electron chi connectivity index (χ3n) is 3.81. The summed E-state index contributed by atoms with van der Waals surface area (Å²) in [6, 6.07) is 3.69. The van der Waals surface area contributed by atoms with Crippen molar-refractivity contribution >= 4 is 38.9 Å². The lowest BCUT2D eigenvalue weighted by atomic mass is 10.2. The molecule has 3 nitrogen and oxygen atoms in total. The van der Waals surface area contributed by atoms with Gasteiger partial charge in [-0.25, -0.2) is 4.39 Å². The Labute approximate surface area is 144 Å². The molecule has 1 amide bonds. The number of carbonyl (C=O) groups is 1. The Kier molecular flexibility index (Phi) is 4.72. The molecule has 130 valence electrons. The fourth-order valence-electron chi connectivity index (χ4n) is 2.78. The third-order valence-corrected chi connectivity index (χ3v) is 5.46. The molecule has 9 heteroatoms. The van der Waals surface area contributed by atoms with Gasteiger partial charge in [0.2, 0.25) is 0 Å². The van der Waals surface area contributed by atoms with Crippen LogP contribution in [0.3, 0.4) is 0 Å². The number of hydrogen-bond acceptors (Lipinski definition) is 3. The van der Waals surface area contributed by atoms with Gasteiger partial charge in [-0.2, -0.15) is 13.2 Å². The standard InChI is InChI=1S/C15H13ClF4N2OS/c16-12-10-2-1-8(17)5-11(10)24-13(12)14(23)21-9-3-4-22(6-9)7-15(18,19)20/h1-2,5,9H,3-4,6-7H2,(H,21,23)/t9-/m0/s1. The minimum absolute atomic E-state index is 0.141. The topological polar surface area (TPSA) is 32.3 Å². The molecule has 0 spiro atoms. The summed E-state index contributed by atoms with van der Waals surface area (Å²) < 4.78 is 51.0. The van der Waals surface area contributed by atoms with Gasteiger partial charge in [-0.15, -0.1) is 11.3 Å². The SMILES string of the molecule is O=C(N[C@H]1CCN(CC(F)(F)F)C1)c1sc2cc(F)ccc2c1Cl. The Morgan fingerprint density at radius 2 is 2.17 bits per heavy atom. The van der Waals surface area contributed by atoms with E-state index in [0.717, 1.165) is 11.3 Å². The second kappa shape index (κ2) is 6.50. The Balaban J connectivity index is 1.69. The summed E-state index contributed by atoms with van der Waals surface area (Å²) in [7, 11) is 0. The molecule has 1 N–H and O–H groups in total. The average molecular weight is 381 g/mol. The number of thiophene rings is 1. The zero-order chi connectivity index (χ0) is 17.5. The van der Waals surface area contributed by atoms with E-state index >= 15 is 0 Å². The Morgan fingerprint density at radius 3 is 2.88 bits per heavy atom. The highest BCUT2D eigenvalue weighted by Gasteiger charge is 2.35. The van der Waals surface area contributed by atoms with E-state index in [2.05, 4.69) is 5.32 Å². The fraction of sp³-hybridized carbons (Fsp3) is 0.400. The van der Waals surface area contributed by atoms with Crippen LogP contribution in [-0.2, 0) is 0 Å². The van der Waals surface area contributed by atoms with Gasteiger partial charge in [0.15, 0.2) is 0 Å². The summed E-state index contributed by atoms with van der Waals surface area (Å²) >= 11 is 7.24. The van der Waals surface area contributed by atoms with Crippen molar-refractivity contribution in [2.45, 2.75) is 18.6 Å². The van der Waals surface area contributed by atoms with Crippen molar-refractivity contribution in [1.29, 1.82) is 0 Å². The molecule has 1 fully saturated rings. The number of likely N-dealkylation sites (tertiary alicyclic amines) is 1. The number of benzene rings is 1. The molecule has 0 radical (unpaired) electrons. The molecule has 3 rings (SSSR count). The molecular formula is C15H13ClF4N2OS. The molecule has 1 aromatic carbocycles. The number of alkyl halides is 3. The smallest absolute Gasteiger partial charge is 0.347 e. The van der Waals surface area contributed by atoms with E-state index in [-0.39, 0.29) is 29.0 Å². The van der Waals surface area contributed by atoms with Crippen LogP contribution in [0.2, 0.25) is 5.02 Å². The van der Waals surface area contributed by atoms with Crippen molar-refractivity contribution in [2.24, 2.45) is 0 Å². The van der Waals surface area contributed by atoms with Crippen molar-refractivity contribution in [3.63, 3.8) is 0 Å². The number of amides is 1. The molecule has 0 saturated carbocycles. The van der Waals surface area contributed by atoms with E-state index in [4.69, 9.17) is 11.6 Å². The first kappa shape index (κ1) is 17.4. The van der Waals surface area contributed by atoms with E-state index in [9.17, 15) is 22.4 Å². The number of nitrogens with zero attached hydrogens (tertiary/aromatic N) is 1. The molecule has 0 unspecified atom stereocenters. The maximum absolute atomic E-state index is 13.3. The van der Waals surface area contributed by atoms with Crippen molar-refractivity contribution in [3.8, 4) is 0 Å². The van der Waals surface area contributed by atoms with E-state index < -0.39 is 24.4 Å². The number of fused-ring (bicyclic) bond motifs is 1. The van der Waals surface area contributed by atoms with Crippen LogP contribution < -0.4 is 5.32 Å². The summed E-state index contributed by atoms with van der Waals surface area (Å²) in [5, 5.41) is 3.53. The molecule has 2 aromatic rings. The minimum Gasteiger partial charge on any atom is -0.347 e. The lowest BCUT2D eigenvalue weighted by molar-refractivity contribution is -0.143. The van der Waals surface area contributed by atoms with Crippen molar-refractivity contribution < 1.29 is 22.4 Å². The van der Waals surface area contributed by atoms with Crippen LogP contribution in [0.25, 0.3) is 10.1 Å². The molecule has 1 saturated heterocycles. The molecule has 24 heavy (non-hydrogen) atoms. The number of rotatable bonds is 3. The number of hydrogen-bond donors (Lipinski definition) is 1. The van der Waals surface area contributed by atoms with Gasteiger partial charge in [0.25, 0.3) is 5.91 Å². The third kappa shape index (κ3) is 3.81. The minimum atomic E-state index is -4.25. The Bertz CT molecular complexity index is 777. The van der Waals surface area contributed by atoms with Gasteiger partial charge in [-0.05, 0) is 24.6 Å². The van der Waals surface area contributed by atoms with Gasteiger partial charge in [0, 0.05) is 29.2 Å². The van der Waals surface area contributed by atoms with Gasteiger partial charge in [0.1, 0.15) is 10.7 Å². The molecule has 0 bridgehead atoms. The average Bonchev–Trinajstić information content (AvgIpc) is 3.01. The van der Waals surface area contributed by atoms with Gasteiger partial charge in [-0.1, -0.05) is 11.6 Å².